The number of carbonyl (C=O) groups excluding carboxylic acids is 1. The maximum absolute atomic E-state index is 13.6. The van der Waals surface area contributed by atoms with Crippen LogP contribution in [0.2, 0.25) is 0 Å². The smallest absolute Gasteiger partial charge is 0.256 e. The van der Waals surface area contributed by atoms with Gasteiger partial charge in [-0.1, -0.05) is 18.2 Å². The van der Waals surface area contributed by atoms with E-state index in [2.05, 4.69) is 20.8 Å². The molecule has 25 heavy (non-hydrogen) atoms. The highest BCUT2D eigenvalue weighted by Gasteiger charge is 2.09. The van der Waals surface area contributed by atoms with Crippen molar-refractivity contribution < 1.29 is 9.18 Å². The van der Waals surface area contributed by atoms with Gasteiger partial charge in [-0.25, -0.2) is 4.39 Å². The zero-order valence-corrected chi connectivity index (χ0v) is 13.9. The van der Waals surface area contributed by atoms with Gasteiger partial charge in [0.2, 0.25) is 0 Å². The van der Waals surface area contributed by atoms with Gasteiger partial charge in [0, 0.05) is 5.56 Å². The maximum Gasteiger partial charge on any atom is 0.256 e. The van der Waals surface area contributed by atoms with Crippen molar-refractivity contribution in [3.05, 3.63) is 77.1 Å². The first kappa shape index (κ1) is 16.6. The highest BCUT2D eigenvalue weighted by atomic mass is 19.1. The molecule has 5 nitrogen and oxygen atoms in total. The summed E-state index contributed by atoms with van der Waals surface area (Å²) in [5.41, 5.74) is 3.03. The fraction of sp³-hybridized carbons (Fsp3) is 0.105. The average molecular weight is 336 g/mol. The molecule has 126 valence electrons. The number of benzene rings is 2. The zero-order valence-electron chi connectivity index (χ0n) is 13.9. The van der Waals surface area contributed by atoms with Crippen LogP contribution in [0.3, 0.4) is 0 Å². The van der Waals surface area contributed by atoms with E-state index in [-0.39, 0.29) is 11.7 Å². The predicted molar refractivity (Wildman–Crippen MR) is 95.6 cm³/mol. The SMILES string of the molecule is Cc1ccc(C(=O)Nc2ccc(Nc3ccccc3F)nn2)cc1C. The van der Waals surface area contributed by atoms with Crippen LogP contribution in [0.5, 0.6) is 0 Å². The van der Waals surface area contributed by atoms with Crippen LogP contribution in [-0.4, -0.2) is 16.1 Å². The molecule has 2 N–H and O–H groups in total. The molecule has 1 amide bonds. The van der Waals surface area contributed by atoms with Gasteiger partial charge in [-0.05, 0) is 61.4 Å². The molecular weight excluding hydrogens is 319 g/mol. The molecule has 0 aliphatic heterocycles. The molecule has 0 atom stereocenters. The second-order valence-electron chi connectivity index (χ2n) is 5.66. The number of carbonyl (C=O) groups is 1. The van der Waals surface area contributed by atoms with Crippen molar-refractivity contribution in [1.82, 2.24) is 10.2 Å². The van der Waals surface area contributed by atoms with Crippen LogP contribution in [0.25, 0.3) is 0 Å². The molecule has 0 radical (unpaired) electrons. The van der Waals surface area contributed by atoms with Gasteiger partial charge >= 0.3 is 0 Å². The monoisotopic (exact) mass is 336 g/mol. The lowest BCUT2D eigenvalue weighted by molar-refractivity contribution is 0.102. The Labute approximate surface area is 144 Å². The number of nitrogens with one attached hydrogen (secondary N) is 2. The van der Waals surface area contributed by atoms with Crippen molar-refractivity contribution in [3.8, 4) is 0 Å². The van der Waals surface area contributed by atoms with Crippen molar-refractivity contribution in [1.29, 1.82) is 0 Å². The van der Waals surface area contributed by atoms with E-state index in [9.17, 15) is 9.18 Å². The second kappa shape index (κ2) is 7.09. The van der Waals surface area contributed by atoms with E-state index in [4.69, 9.17) is 0 Å². The molecule has 3 aromatic rings. The highest BCUT2D eigenvalue weighted by Crippen LogP contribution is 2.18. The highest BCUT2D eigenvalue weighted by molar-refractivity contribution is 6.03. The molecule has 6 heteroatoms. The number of amides is 1. The topological polar surface area (TPSA) is 66.9 Å². The van der Waals surface area contributed by atoms with Crippen molar-refractivity contribution in [2.75, 3.05) is 10.6 Å². The van der Waals surface area contributed by atoms with Crippen molar-refractivity contribution in [2.24, 2.45) is 0 Å². The Balaban J connectivity index is 1.69. The Morgan fingerprint density at radius 3 is 2.32 bits per heavy atom. The summed E-state index contributed by atoms with van der Waals surface area (Å²) in [5, 5.41) is 13.4. The molecule has 1 aromatic heterocycles. The molecule has 0 aliphatic carbocycles. The van der Waals surface area contributed by atoms with Gasteiger partial charge in [-0.3, -0.25) is 4.79 Å². The Morgan fingerprint density at radius 2 is 1.64 bits per heavy atom. The molecule has 0 aliphatic rings. The number of hydrogen-bond acceptors (Lipinski definition) is 4. The molecule has 3 rings (SSSR count). The summed E-state index contributed by atoms with van der Waals surface area (Å²) in [6.07, 6.45) is 0. The zero-order chi connectivity index (χ0) is 17.8. The van der Waals surface area contributed by atoms with Gasteiger partial charge in [0.05, 0.1) is 5.69 Å². The minimum Gasteiger partial charge on any atom is -0.336 e. The summed E-state index contributed by atoms with van der Waals surface area (Å²) < 4.78 is 13.6. The largest absolute Gasteiger partial charge is 0.336 e. The standard InChI is InChI=1S/C19H17FN4O/c1-12-7-8-14(11-13(12)2)19(25)22-18-10-9-17(23-24-18)21-16-6-4-3-5-15(16)20/h3-11H,1-2H3,(H,21,23)(H,22,24,25). The quantitative estimate of drug-likeness (QED) is 0.748. The van der Waals surface area contributed by atoms with Crippen LogP contribution < -0.4 is 10.6 Å². The van der Waals surface area contributed by atoms with E-state index in [0.29, 0.717) is 22.9 Å². The summed E-state index contributed by atoms with van der Waals surface area (Å²) in [7, 11) is 0. The third-order valence-corrected chi connectivity index (χ3v) is 3.81. The molecule has 0 spiro atoms. The maximum atomic E-state index is 13.6. The van der Waals surface area contributed by atoms with Gasteiger partial charge in [0.25, 0.3) is 5.91 Å². The van der Waals surface area contributed by atoms with E-state index < -0.39 is 0 Å². The second-order valence-corrected chi connectivity index (χ2v) is 5.66. The van der Waals surface area contributed by atoms with E-state index >= 15 is 0 Å². The lowest BCUT2D eigenvalue weighted by Gasteiger charge is -2.08. The molecule has 0 saturated heterocycles. The summed E-state index contributed by atoms with van der Waals surface area (Å²) in [6, 6.07) is 15.0. The number of halogens is 1. The van der Waals surface area contributed by atoms with Crippen molar-refractivity contribution in [3.63, 3.8) is 0 Å². The van der Waals surface area contributed by atoms with Crippen LogP contribution in [-0.2, 0) is 0 Å². The van der Waals surface area contributed by atoms with E-state index in [0.717, 1.165) is 11.1 Å². The number of hydrogen-bond donors (Lipinski definition) is 2. The van der Waals surface area contributed by atoms with Crippen LogP contribution >= 0.6 is 0 Å². The Hall–Kier alpha value is -3.28. The normalized spacial score (nSPS) is 10.4. The summed E-state index contributed by atoms with van der Waals surface area (Å²) >= 11 is 0. The van der Waals surface area contributed by atoms with Gasteiger partial charge in [-0.15, -0.1) is 10.2 Å². The first-order chi connectivity index (χ1) is 12.0. The molecular formula is C19H17FN4O. The van der Waals surface area contributed by atoms with Gasteiger partial charge < -0.3 is 10.6 Å². The molecule has 0 bridgehead atoms. The minimum atomic E-state index is -0.378. The lowest BCUT2D eigenvalue weighted by atomic mass is 10.1. The molecule has 0 fully saturated rings. The summed E-state index contributed by atoms with van der Waals surface area (Å²) in [5.74, 6) is 0.0697. The van der Waals surface area contributed by atoms with Crippen LogP contribution in [0.4, 0.5) is 21.7 Å². The van der Waals surface area contributed by atoms with Gasteiger partial charge in [0.1, 0.15) is 5.82 Å². The number of rotatable bonds is 4. The number of aryl methyl sites for hydroxylation is 2. The summed E-state index contributed by atoms with van der Waals surface area (Å²) in [4.78, 5) is 12.3. The lowest BCUT2D eigenvalue weighted by Crippen LogP contribution is -2.13. The van der Waals surface area contributed by atoms with E-state index in [1.54, 1.807) is 36.4 Å². The minimum absolute atomic E-state index is 0.257. The molecule has 1 heterocycles. The van der Waals surface area contributed by atoms with Crippen LogP contribution in [0.1, 0.15) is 21.5 Å². The fourth-order valence-corrected chi connectivity index (χ4v) is 2.24. The van der Waals surface area contributed by atoms with E-state index in [1.807, 2.05) is 26.0 Å². The average Bonchev–Trinajstić information content (AvgIpc) is 2.61. The van der Waals surface area contributed by atoms with Crippen LogP contribution in [0, 0.1) is 19.7 Å². The number of anilines is 3. The first-order valence-electron chi connectivity index (χ1n) is 7.77. The van der Waals surface area contributed by atoms with Gasteiger partial charge in [0.15, 0.2) is 11.6 Å². The van der Waals surface area contributed by atoms with E-state index in [1.165, 1.54) is 6.07 Å². The van der Waals surface area contributed by atoms with Crippen LogP contribution in [0.15, 0.2) is 54.6 Å². The van der Waals surface area contributed by atoms with Crippen molar-refractivity contribution >= 4 is 23.2 Å². The number of nitrogens with zero attached hydrogens (tertiary/aromatic N) is 2. The Bertz CT molecular complexity index is 910. The number of aromatic nitrogens is 2. The fourth-order valence-electron chi connectivity index (χ4n) is 2.24. The number of para-hydroxylation sites is 1. The Morgan fingerprint density at radius 1 is 0.920 bits per heavy atom. The van der Waals surface area contributed by atoms with Gasteiger partial charge in [-0.2, -0.15) is 0 Å². The summed E-state index contributed by atoms with van der Waals surface area (Å²) in [6.45, 7) is 3.94. The first-order valence-corrected chi connectivity index (χ1v) is 7.77. The molecule has 0 unspecified atom stereocenters. The molecule has 2 aromatic carbocycles. The third kappa shape index (κ3) is 3.98. The predicted octanol–water partition coefficient (Wildman–Crippen LogP) is 4.23. The third-order valence-electron chi connectivity index (χ3n) is 3.81. The van der Waals surface area contributed by atoms with Crippen molar-refractivity contribution in [2.45, 2.75) is 13.8 Å². The Kier molecular flexibility index (Phi) is 4.70. The molecule has 0 saturated carbocycles.